The standard InChI is InChI=1S/C13H14FN3O2/c1-9(8-17-7-3-6-15-17)16-13(19)12-10(14)4-2-5-11(12)18/h2-7,9,18H,8H2,1H3,(H,16,19). The van der Waals surface area contributed by atoms with Crippen LogP contribution in [0.4, 0.5) is 4.39 Å². The van der Waals surface area contributed by atoms with E-state index in [9.17, 15) is 14.3 Å². The maximum atomic E-state index is 13.5. The Morgan fingerprint density at radius 1 is 1.53 bits per heavy atom. The zero-order valence-corrected chi connectivity index (χ0v) is 10.4. The van der Waals surface area contributed by atoms with E-state index in [1.165, 1.54) is 12.1 Å². The highest BCUT2D eigenvalue weighted by molar-refractivity contribution is 5.97. The highest BCUT2D eigenvalue weighted by Gasteiger charge is 2.18. The van der Waals surface area contributed by atoms with Crippen molar-refractivity contribution in [1.29, 1.82) is 0 Å². The largest absolute Gasteiger partial charge is 0.507 e. The molecule has 0 aliphatic heterocycles. The third-order valence-corrected chi connectivity index (χ3v) is 2.62. The molecule has 5 nitrogen and oxygen atoms in total. The minimum absolute atomic E-state index is 0.244. The molecular formula is C13H14FN3O2. The SMILES string of the molecule is CC(Cn1cccn1)NC(=O)c1c(O)cccc1F. The van der Waals surface area contributed by atoms with E-state index in [-0.39, 0.29) is 17.4 Å². The summed E-state index contributed by atoms with van der Waals surface area (Å²) in [5.41, 5.74) is -0.338. The van der Waals surface area contributed by atoms with E-state index in [0.717, 1.165) is 6.07 Å². The van der Waals surface area contributed by atoms with Crippen molar-refractivity contribution in [3.8, 4) is 5.75 Å². The van der Waals surface area contributed by atoms with Gasteiger partial charge in [0.25, 0.3) is 5.91 Å². The molecule has 6 heteroatoms. The number of aromatic hydroxyl groups is 1. The normalized spacial score (nSPS) is 12.1. The van der Waals surface area contributed by atoms with Gasteiger partial charge in [-0.05, 0) is 25.1 Å². The summed E-state index contributed by atoms with van der Waals surface area (Å²) in [4.78, 5) is 11.9. The number of halogens is 1. The Kier molecular flexibility index (Phi) is 3.79. The average Bonchev–Trinajstić information content (AvgIpc) is 2.81. The smallest absolute Gasteiger partial charge is 0.258 e. The molecule has 0 aliphatic carbocycles. The van der Waals surface area contributed by atoms with Crippen molar-refractivity contribution < 1.29 is 14.3 Å². The Hall–Kier alpha value is -2.37. The predicted octanol–water partition coefficient (Wildman–Crippen LogP) is 1.55. The summed E-state index contributed by atoms with van der Waals surface area (Å²) in [6.45, 7) is 2.24. The molecule has 1 atom stereocenters. The number of benzene rings is 1. The van der Waals surface area contributed by atoms with E-state index in [0.29, 0.717) is 6.54 Å². The van der Waals surface area contributed by atoms with E-state index in [1.54, 1.807) is 30.1 Å². The topological polar surface area (TPSA) is 67.2 Å². The second-order valence-corrected chi connectivity index (χ2v) is 4.24. The fraction of sp³-hybridized carbons (Fsp3) is 0.231. The number of hydrogen-bond donors (Lipinski definition) is 2. The van der Waals surface area contributed by atoms with E-state index in [2.05, 4.69) is 10.4 Å². The van der Waals surface area contributed by atoms with E-state index < -0.39 is 11.7 Å². The second kappa shape index (κ2) is 5.51. The lowest BCUT2D eigenvalue weighted by atomic mass is 10.1. The minimum Gasteiger partial charge on any atom is -0.507 e. The Labute approximate surface area is 109 Å². The summed E-state index contributed by atoms with van der Waals surface area (Å²) in [5, 5.41) is 16.1. The van der Waals surface area contributed by atoms with Gasteiger partial charge < -0.3 is 10.4 Å². The van der Waals surface area contributed by atoms with E-state index >= 15 is 0 Å². The van der Waals surface area contributed by atoms with Crippen molar-refractivity contribution in [2.45, 2.75) is 19.5 Å². The number of nitrogens with zero attached hydrogens (tertiary/aromatic N) is 2. The van der Waals surface area contributed by atoms with Crippen LogP contribution in [0.2, 0.25) is 0 Å². The van der Waals surface area contributed by atoms with Gasteiger partial charge in [-0.3, -0.25) is 9.48 Å². The molecule has 0 fully saturated rings. The van der Waals surface area contributed by atoms with Crippen molar-refractivity contribution in [3.63, 3.8) is 0 Å². The van der Waals surface area contributed by atoms with Gasteiger partial charge in [-0.15, -0.1) is 0 Å². The molecule has 1 aromatic carbocycles. The predicted molar refractivity (Wildman–Crippen MR) is 67.2 cm³/mol. The van der Waals surface area contributed by atoms with Crippen LogP contribution in [-0.2, 0) is 6.54 Å². The van der Waals surface area contributed by atoms with Crippen molar-refractivity contribution in [3.05, 3.63) is 48.0 Å². The van der Waals surface area contributed by atoms with Gasteiger partial charge in [0.1, 0.15) is 17.1 Å². The van der Waals surface area contributed by atoms with Crippen molar-refractivity contribution >= 4 is 5.91 Å². The zero-order valence-electron chi connectivity index (χ0n) is 10.4. The van der Waals surface area contributed by atoms with Crippen LogP contribution in [0.1, 0.15) is 17.3 Å². The monoisotopic (exact) mass is 263 g/mol. The summed E-state index contributed by atoms with van der Waals surface area (Å²) in [5.74, 6) is -1.76. The molecule has 2 aromatic rings. The van der Waals surface area contributed by atoms with Crippen molar-refractivity contribution in [2.24, 2.45) is 0 Å². The number of hydrogen-bond acceptors (Lipinski definition) is 3. The van der Waals surface area contributed by atoms with E-state index in [1.807, 2.05) is 0 Å². The van der Waals surface area contributed by atoms with Crippen LogP contribution in [0.3, 0.4) is 0 Å². The van der Waals surface area contributed by atoms with Crippen LogP contribution in [-0.4, -0.2) is 26.8 Å². The summed E-state index contributed by atoms with van der Waals surface area (Å²) in [7, 11) is 0. The van der Waals surface area contributed by atoms with Crippen LogP contribution in [0.5, 0.6) is 5.75 Å². The van der Waals surface area contributed by atoms with Gasteiger partial charge in [0.05, 0.1) is 6.54 Å². The molecule has 0 aliphatic rings. The quantitative estimate of drug-likeness (QED) is 0.879. The molecule has 1 heterocycles. The Bertz CT molecular complexity index is 549. The van der Waals surface area contributed by atoms with Crippen LogP contribution >= 0.6 is 0 Å². The lowest BCUT2D eigenvalue weighted by Crippen LogP contribution is -2.36. The second-order valence-electron chi connectivity index (χ2n) is 4.24. The van der Waals surface area contributed by atoms with Crippen LogP contribution < -0.4 is 5.32 Å². The molecule has 1 aromatic heterocycles. The molecular weight excluding hydrogens is 249 g/mol. The van der Waals surface area contributed by atoms with Gasteiger partial charge in [-0.1, -0.05) is 6.07 Å². The minimum atomic E-state index is -0.746. The van der Waals surface area contributed by atoms with Gasteiger partial charge in [-0.2, -0.15) is 5.10 Å². The number of amides is 1. The van der Waals surface area contributed by atoms with Crippen molar-refractivity contribution in [1.82, 2.24) is 15.1 Å². The highest BCUT2D eigenvalue weighted by atomic mass is 19.1. The van der Waals surface area contributed by atoms with Gasteiger partial charge >= 0.3 is 0 Å². The third-order valence-electron chi connectivity index (χ3n) is 2.62. The lowest BCUT2D eigenvalue weighted by molar-refractivity contribution is 0.0929. The van der Waals surface area contributed by atoms with E-state index in [4.69, 9.17) is 0 Å². The fourth-order valence-electron chi connectivity index (χ4n) is 1.77. The maximum Gasteiger partial charge on any atom is 0.258 e. The molecule has 0 radical (unpaired) electrons. The molecule has 2 N–H and O–H groups in total. The summed E-state index contributed by atoms with van der Waals surface area (Å²) < 4.78 is 15.1. The highest BCUT2D eigenvalue weighted by Crippen LogP contribution is 2.19. The first-order valence-electron chi connectivity index (χ1n) is 5.83. The third kappa shape index (κ3) is 3.09. The molecule has 0 spiro atoms. The Morgan fingerprint density at radius 2 is 2.32 bits per heavy atom. The first-order chi connectivity index (χ1) is 9.08. The van der Waals surface area contributed by atoms with Crippen molar-refractivity contribution in [2.75, 3.05) is 0 Å². The molecule has 19 heavy (non-hydrogen) atoms. The molecule has 0 saturated heterocycles. The molecule has 0 bridgehead atoms. The Balaban J connectivity index is 2.04. The number of carbonyl (C=O) groups excluding carboxylic acids is 1. The summed E-state index contributed by atoms with van der Waals surface area (Å²) in [6.07, 6.45) is 3.40. The Morgan fingerprint density at radius 3 is 2.95 bits per heavy atom. The number of carbonyl (C=O) groups is 1. The molecule has 0 saturated carbocycles. The maximum absolute atomic E-state index is 13.5. The molecule has 2 rings (SSSR count). The lowest BCUT2D eigenvalue weighted by Gasteiger charge is -2.14. The zero-order chi connectivity index (χ0) is 13.8. The molecule has 1 unspecified atom stereocenters. The summed E-state index contributed by atoms with van der Waals surface area (Å²) >= 11 is 0. The van der Waals surface area contributed by atoms with Gasteiger partial charge in [0, 0.05) is 18.4 Å². The van der Waals surface area contributed by atoms with Gasteiger partial charge in [-0.25, -0.2) is 4.39 Å². The van der Waals surface area contributed by atoms with Gasteiger partial charge in [0.2, 0.25) is 0 Å². The van der Waals surface area contributed by atoms with Gasteiger partial charge in [0.15, 0.2) is 0 Å². The van der Waals surface area contributed by atoms with Crippen LogP contribution in [0.15, 0.2) is 36.7 Å². The number of aromatic nitrogens is 2. The number of rotatable bonds is 4. The number of phenols is 1. The average molecular weight is 263 g/mol. The molecule has 100 valence electrons. The summed E-state index contributed by atoms with van der Waals surface area (Å²) in [6, 6.07) is 5.28. The number of phenolic OH excluding ortho intramolecular Hbond substituents is 1. The fourth-order valence-corrected chi connectivity index (χ4v) is 1.77. The first kappa shape index (κ1) is 13.1. The number of nitrogens with one attached hydrogen (secondary N) is 1. The first-order valence-corrected chi connectivity index (χ1v) is 5.83. The molecule has 1 amide bonds. The van der Waals surface area contributed by atoms with Crippen LogP contribution in [0, 0.1) is 5.82 Å². The van der Waals surface area contributed by atoms with Crippen LogP contribution in [0.25, 0.3) is 0 Å².